The topological polar surface area (TPSA) is 68.0 Å². The van der Waals surface area contributed by atoms with Crippen molar-refractivity contribution in [3.05, 3.63) is 23.9 Å². The lowest BCUT2D eigenvalue weighted by atomic mass is 10.2. The molecular formula is C10H15N3O. The third kappa shape index (κ3) is 3.05. The van der Waals surface area contributed by atoms with Crippen molar-refractivity contribution in [2.45, 2.75) is 13.8 Å². The first-order valence-electron chi connectivity index (χ1n) is 4.59. The van der Waals surface area contributed by atoms with E-state index in [1.807, 2.05) is 0 Å². The van der Waals surface area contributed by atoms with Gasteiger partial charge in [0.05, 0.1) is 0 Å². The maximum atomic E-state index is 10.9. The van der Waals surface area contributed by atoms with Crippen LogP contribution in [0.1, 0.15) is 24.2 Å². The largest absolute Gasteiger partial charge is 0.370 e. The Kier molecular flexibility index (Phi) is 3.45. The van der Waals surface area contributed by atoms with Crippen LogP contribution in [0.5, 0.6) is 0 Å². The molecule has 4 heteroatoms. The Morgan fingerprint density at radius 3 is 2.93 bits per heavy atom. The number of pyridine rings is 1. The van der Waals surface area contributed by atoms with Gasteiger partial charge in [0, 0.05) is 18.3 Å². The molecule has 76 valence electrons. The van der Waals surface area contributed by atoms with Crippen LogP contribution in [-0.2, 0) is 0 Å². The lowest BCUT2D eigenvalue weighted by molar-refractivity contribution is 0.1000. The minimum absolute atomic E-state index is 0.431. The number of nitrogens with two attached hydrogens (primary N) is 1. The van der Waals surface area contributed by atoms with E-state index in [0.717, 1.165) is 6.54 Å². The molecule has 4 nitrogen and oxygen atoms in total. The van der Waals surface area contributed by atoms with Gasteiger partial charge in [0.25, 0.3) is 0 Å². The monoisotopic (exact) mass is 193 g/mol. The van der Waals surface area contributed by atoms with Crippen LogP contribution in [0.4, 0.5) is 5.82 Å². The maximum absolute atomic E-state index is 10.9. The summed E-state index contributed by atoms with van der Waals surface area (Å²) in [5, 5.41) is 3.12. The highest BCUT2D eigenvalue weighted by molar-refractivity contribution is 5.93. The van der Waals surface area contributed by atoms with Crippen LogP contribution >= 0.6 is 0 Å². The second-order valence-corrected chi connectivity index (χ2v) is 3.57. The molecule has 0 aliphatic heterocycles. The van der Waals surface area contributed by atoms with Crippen LogP contribution in [0.15, 0.2) is 18.3 Å². The van der Waals surface area contributed by atoms with Crippen molar-refractivity contribution in [2.24, 2.45) is 11.7 Å². The van der Waals surface area contributed by atoms with E-state index in [-0.39, 0.29) is 0 Å². The van der Waals surface area contributed by atoms with E-state index < -0.39 is 5.91 Å². The molecule has 3 N–H and O–H groups in total. The third-order valence-electron chi connectivity index (χ3n) is 1.74. The minimum atomic E-state index is -0.431. The first kappa shape index (κ1) is 10.5. The molecule has 14 heavy (non-hydrogen) atoms. The van der Waals surface area contributed by atoms with Crippen molar-refractivity contribution in [1.82, 2.24) is 4.98 Å². The van der Waals surface area contributed by atoms with Gasteiger partial charge in [-0.3, -0.25) is 4.79 Å². The number of hydrogen-bond acceptors (Lipinski definition) is 3. The number of rotatable bonds is 4. The summed E-state index contributed by atoms with van der Waals surface area (Å²) in [6.45, 7) is 5.03. The van der Waals surface area contributed by atoms with Crippen LogP contribution in [0, 0.1) is 5.92 Å². The highest BCUT2D eigenvalue weighted by Gasteiger charge is 2.02. The van der Waals surface area contributed by atoms with E-state index in [9.17, 15) is 4.79 Å². The maximum Gasteiger partial charge on any atom is 0.248 e. The van der Waals surface area contributed by atoms with E-state index in [1.165, 1.54) is 0 Å². The Hall–Kier alpha value is -1.58. The number of nitrogens with one attached hydrogen (secondary N) is 1. The van der Waals surface area contributed by atoms with Crippen molar-refractivity contribution in [1.29, 1.82) is 0 Å². The zero-order chi connectivity index (χ0) is 10.6. The molecule has 0 saturated carbocycles. The number of hydrogen-bond donors (Lipinski definition) is 2. The van der Waals surface area contributed by atoms with Gasteiger partial charge < -0.3 is 11.1 Å². The number of carbonyl (C=O) groups is 1. The SMILES string of the molecule is CC(C)CNc1cc(C(N)=O)ccn1. The molecular weight excluding hydrogens is 178 g/mol. The predicted octanol–water partition coefficient (Wildman–Crippen LogP) is 1.25. The number of amides is 1. The molecule has 0 unspecified atom stereocenters. The highest BCUT2D eigenvalue weighted by Crippen LogP contribution is 2.06. The quantitative estimate of drug-likeness (QED) is 0.756. The fourth-order valence-corrected chi connectivity index (χ4v) is 0.989. The summed E-state index contributed by atoms with van der Waals surface area (Å²) in [6, 6.07) is 3.26. The van der Waals surface area contributed by atoms with Gasteiger partial charge in [-0.25, -0.2) is 4.98 Å². The zero-order valence-electron chi connectivity index (χ0n) is 8.45. The van der Waals surface area contributed by atoms with Gasteiger partial charge in [0.15, 0.2) is 0 Å². The molecule has 0 atom stereocenters. The molecule has 0 aliphatic carbocycles. The van der Waals surface area contributed by atoms with Gasteiger partial charge in [0.1, 0.15) is 5.82 Å². The van der Waals surface area contributed by atoms with Crippen LogP contribution in [0.25, 0.3) is 0 Å². The molecule has 0 radical (unpaired) electrons. The first-order valence-corrected chi connectivity index (χ1v) is 4.59. The summed E-state index contributed by atoms with van der Waals surface area (Å²) in [5.74, 6) is 0.795. The summed E-state index contributed by atoms with van der Waals surface area (Å²) in [7, 11) is 0. The average molecular weight is 193 g/mol. The molecule has 0 saturated heterocycles. The number of aromatic nitrogens is 1. The van der Waals surface area contributed by atoms with Crippen LogP contribution in [-0.4, -0.2) is 17.4 Å². The Morgan fingerprint density at radius 1 is 1.64 bits per heavy atom. The first-order chi connectivity index (χ1) is 6.59. The molecule has 1 amide bonds. The zero-order valence-corrected chi connectivity index (χ0v) is 8.45. The van der Waals surface area contributed by atoms with E-state index in [1.54, 1.807) is 18.3 Å². The fraction of sp³-hybridized carbons (Fsp3) is 0.400. The van der Waals surface area contributed by atoms with Crippen molar-refractivity contribution < 1.29 is 4.79 Å². The van der Waals surface area contributed by atoms with Crippen molar-refractivity contribution in [2.75, 3.05) is 11.9 Å². The molecule has 1 rings (SSSR count). The highest BCUT2D eigenvalue weighted by atomic mass is 16.1. The van der Waals surface area contributed by atoms with Crippen molar-refractivity contribution in [3.8, 4) is 0 Å². The van der Waals surface area contributed by atoms with Crippen LogP contribution in [0.2, 0.25) is 0 Å². The second kappa shape index (κ2) is 4.60. The Labute approximate surface area is 83.5 Å². The molecule has 1 aromatic heterocycles. The Balaban J connectivity index is 2.69. The number of carbonyl (C=O) groups excluding carboxylic acids is 1. The number of primary amides is 1. The summed E-state index contributed by atoms with van der Waals surface area (Å²) >= 11 is 0. The molecule has 1 heterocycles. The molecule has 0 fully saturated rings. The van der Waals surface area contributed by atoms with Gasteiger partial charge in [-0.05, 0) is 18.1 Å². The Morgan fingerprint density at radius 2 is 2.36 bits per heavy atom. The number of nitrogens with zero attached hydrogens (tertiary/aromatic N) is 1. The molecule has 0 bridgehead atoms. The predicted molar refractivity (Wildman–Crippen MR) is 56.1 cm³/mol. The van der Waals surface area contributed by atoms with Gasteiger partial charge in [-0.15, -0.1) is 0 Å². The summed E-state index contributed by atoms with van der Waals surface area (Å²) in [4.78, 5) is 14.9. The average Bonchev–Trinajstić information content (AvgIpc) is 2.15. The third-order valence-corrected chi connectivity index (χ3v) is 1.74. The van der Waals surface area contributed by atoms with E-state index in [4.69, 9.17) is 5.73 Å². The Bertz CT molecular complexity index is 323. The molecule has 0 aliphatic rings. The minimum Gasteiger partial charge on any atom is -0.370 e. The van der Waals surface area contributed by atoms with E-state index >= 15 is 0 Å². The second-order valence-electron chi connectivity index (χ2n) is 3.57. The normalized spacial score (nSPS) is 10.2. The van der Waals surface area contributed by atoms with Gasteiger partial charge >= 0.3 is 0 Å². The van der Waals surface area contributed by atoms with Gasteiger partial charge in [0.2, 0.25) is 5.91 Å². The van der Waals surface area contributed by atoms with Crippen LogP contribution < -0.4 is 11.1 Å². The van der Waals surface area contributed by atoms with Crippen LogP contribution in [0.3, 0.4) is 0 Å². The lowest BCUT2D eigenvalue weighted by Gasteiger charge is -2.08. The number of anilines is 1. The van der Waals surface area contributed by atoms with E-state index in [0.29, 0.717) is 17.3 Å². The summed E-state index contributed by atoms with van der Waals surface area (Å²) < 4.78 is 0. The van der Waals surface area contributed by atoms with E-state index in [2.05, 4.69) is 24.1 Å². The fourth-order valence-electron chi connectivity index (χ4n) is 0.989. The smallest absolute Gasteiger partial charge is 0.248 e. The lowest BCUT2D eigenvalue weighted by Crippen LogP contribution is -2.13. The molecule has 1 aromatic rings. The standard InChI is InChI=1S/C10H15N3O/c1-7(2)6-13-9-5-8(10(11)14)3-4-12-9/h3-5,7H,6H2,1-2H3,(H2,11,14)(H,12,13). The molecule has 0 spiro atoms. The summed E-state index contributed by atoms with van der Waals surface area (Å²) in [6.07, 6.45) is 1.57. The van der Waals surface area contributed by atoms with Crippen molar-refractivity contribution >= 4 is 11.7 Å². The molecule has 0 aromatic carbocycles. The van der Waals surface area contributed by atoms with Crippen molar-refractivity contribution in [3.63, 3.8) is 0 Å². The summed E-state index contributed by atoms with van der Waals surface area (Å²) in [5.41, 5.74) is 5.62. The van der Waals surface area contributed by atoms with Gasteiger partial charge in [-0.2, -0.15) is 0 Å². The van der Waals surface area contributed by atoms with Gasteiger partial charge in [-0.1, -0.05) is 13.8 Å².